The molecule has 1 fully saturated rings. The Balaban J connectivity index is 1.22. The average molecular weight is 731 g/mol. The van der Waals surface area contributed by atoms with Crippen LogP contribution >= 0.6 is 11.8 Å². The van der Waals surface area contributed by atoms with Crippen molar-refractivity contribution >= 4 is 39.8 Å². The highest BCUT2D eigenvalue weighted by Crippen LogP contribution is 2.29. The number of nitrogens with one attached hydrogen (secondary N) is 1. The summed E-state index contributed by atoms with van der Waals surface area (Å²) >= 11 is 1.24. The molecule has 1 aliphatic rings. The third-order valence-electron chi connectivity index (χ3n) is 10.3. The van der Waals surface area contributed by atoms with Gasteiger partial charge in [0.1, 0.15) is 5.82 Å². The third kappa shape index (κ3) is 9.64. The van der Waals surface area contributed by atoms with Gasteiger partial charge in [-0.15, -0.1) is 0 Å². The number of carbonyl (C=O) groups is 3. The number of carboxylic acid groups (broad SMARTS) is 1. The van der Waals surface area contributed by atoms with Gasteiger partial charge in [0.15, 0.2) is 0 Å². The van der Waals surface area contributed by atoms with Crippen molar-refractivity contribution in [2.75, 3.05) is 5.75 Å². The fraction of sp³-hybridized carbons (Fsp3) is 0.364. The standard InChI is InChI=1S/C44H50N4O4S/c1-3-12-40-47-41-29(2)23-34(26-39(41)48(40)27-32-19-21-33(22-20-32)36-17-10-11-18-37(36)43(50)51)42(49)46-35(24-30-13-6-4-7-14-30)28-53-44(52)38(45)25-31-15-8-5-9-16-31/h4,6-7,10-11,13-14,17-23,26,31,35,38H,3,5,8-9,12,15-16,24-25,27-28,45H2,1-2H3,(H,46,49)(H,50,51). The third-order valence-corrected chi connectivity index (χ3v) is 11.5. The monoisotopic (exact) mass is 730 g/mol. The fourth-order valence-electron chi connectivity index (χ4n) is 7.54. The lowest BCUT2D eigenvalue weighted by Gasteiger charge is -2.24. The Morgan fingerprint density at radius 2 is 1.66 bits per heavy atom. The second-order valence-corrected chi connectivity index (χ2v) is 15.4. The van der Waals surface area contributed by atoms with E-state index in [-0.39, 0.29) is 22.6 Å². The summed E-state index contributed by atoms with van der Waals surface area (Å²) in [4.78, 5) is 44.1. The van der Waals surface area contributed by atoms with E-state index in [0.29, 0.717) is 35.8 Å². The van der Waals surface area contributed by atoms with Gasteiger partial charge in [-0.05, 0) is 78.1 Å². The van der Waals surface area contributed by atoms with Crippen molar-refractivity contribution in [3.8, 4) is 11.1 Å². The van der Waals surface area contributed by atoms with Gasteiger partial charge in [-0.3, -0.25) is 9.59 Å². The summed E-state index contributed by atoms with van der Waals surface area (Å²) < 4.78 is 2.19. The molecule has 4 aromatic carbocycles. The first-order valence-electron chi connectivity index (χ1n) is 18.9. The predicted molar refractivity (Wildman–Crippen MR) is 214 cm³/mol. The molecule has 0 radical (unpaired) electrons. The van der Waals surface area contributed by atoms with Crippen molar-refractivity contribution in [1.29, 1.82) is 0 Å². The number of aromatic carboxylic acids is 1. The summed E-state index contributed by atoms with van der Waals surface area (Å²) in [6.07, 6.45) is 9.03. The van der Waals surface area contributed by atoms with Crippen LogP contribution in [0.3, 0.4) is 0 Å². The van der Waals surface area contributed by atoms with Gasteiger partial charge < -0.3 is 20.7 Å². The lowest BCUT2D eigenvalue weighted by Crippen LogP contribution is -2.39. The first kappa shape index (κ1) is 38.0. The number of hydrogen-bond acceptors (Lipinski definition) is 6. The van der Waals surface area contributed by atoms with E-state index < -0.39 is 12.0 Å². The summed E-state index contributed by atoms with van der Waals surface area (Å²) in [7, 11) is 0. The molecule has 1 heterocycles. The van der Waals surface area contributed by atoms with Gasteiger partial charge >= 0.3 is 5.97 Å². The highest BCUT2D eigenvalue weighted by Gasteiger charge is 2.24. The Morgan fingerprint density at radius 3 is 2.38 bits per heavy atom. The minimum Gasteiger partial charge on any atom is -0.478 e. The lowest BCUT2D eigenvalue weighted by atomic mass is 9.85. The number of thioether (sulfide) groups is 1. The normalized spacial score (nSPS) is 14.5. The first-order valence-corrected chi connectivity index (χ1v) is 19.9. The largest absolute Gasteiger partial charge is 0.478 e. The molecule has 2 atom stereocenters. The molecule has 5 aromatic rings. The molecule has 1 amide bonds. The van der Waals surface area contributed by atoms with Crippen LogP contribution in [0.15, 0.2) is 91.0 Å². The van der Waals surface area contributed by atoms with Crippen molar-refractivity contribution in [2.24, 2.45) is 11.7 Å². The topological polar surface area (TPSA) is 127 Å². The molecule has 6 rings (SSSR count). The maximum atomic E-state index is 14.0. The zero-order valence-electron chi connectivity index (χ0n) is 30.7. The smallest absolute Gasteiger partial charge is 0.336 e. The molecule has 0 saturated heterocycles. The predicted octanol–water partition coefficient (Wildman–Crippen LogP) is 8.61. The zero-order valence-corrected chi connectivity index (χ0v) is 31.5. The second-order valence-electron chi connectivity index (χ2n) is 14.4. The van der Waals surface area contributed by atoms with Crippen LogP contribution in [0.5, 0.6) is 0 Å². The number of nitrogens with two attached hydrogens (primary N) is 1. The summed E-state index contributed by atoms with van der Waals surface area (Å²) in [5.74, 6) is 0.756. The van der Waals surface area contributed by atoms with Gasteiger partial charge in [0, 0.05) is 30.3 Å². The van der Waals surface area contributed by atoms with E-state index >= 15 is 0 Å². The number of carbonyl (C=O) groups excluding carboxylic acids is 2. The molecule has 276 valence electrons. The van der Waals surface area contributed by atoms with Crippen LogP contribution in [0.2, 0.25) is 0 Å². The SMILES string of the molecule is CCCc1nc2c(C)cc(C(=O)NC(CSC(=O)C(N)CC3CCCCC3)Cc3ccccc3)cc2n1Cc1ccc(-c2ccccc2C(=O)O)cc1. The molecule has 1 aromatic heterocycles. The Kier molecular flexibility index (Phi) is 12.8. The molecule has 9 heteroatoms. The van der Waals surface area contributed by atoms with Crippen molar-refractivity contribution in [3.05, 3.63) is 125 Å². The number of hydrogen-bond donors (Lipinski definition) is 3. The summed E-state index contributed by atoms with van der Waals surface area (Å²) in [6.45, 7) is 4.67. The highest BCUT2D eigenvalue weighted by atomic mass is 32.2. The molecule has 0 aliphatic heterocycles. The number of benzene rings is 4. The Labute approximate surface area is 316 Å². The maximum absolute atomic E-state index is 14.0. The van der Waals surface area contributed by atoms with Crippen molar-refractivity contribution < 1.29 is 19.5 Å². The van der Waals surface area contributed by atoms with Crippen LogP contribution in [0.4, 0.5) is 0 Å². The second kappa shape index (κ2) is 17.9. The van der Waals surface area contributed by atoms with Gasteiger partial charge in [0.05, 0.1) is 22.6 Å². The highest BCUT2D eigenvalue weighted by molar-refractivity contribution is 8.13. The molecule has 8 nitrogen and oxygen atoms in total. The number of fused-ring (bicyclic) bond motifs is 1. The van der Waals surface area contributed by atoms with E-state index in [1.165, 1.54) is 31.0 Å². The Morgan fingerprint density at radius 1 is 0.943 bits per heavy atom. The van der Waals surface area contributed by atoms with Gasteiger partial charge in [-0.1, -0.05) is 124 Å². The van der Waals surface area contributed by atoms with Gasteiger partial charge in [-0.2, -0.15) is 0 Å². The quantitative estimate of drug-likeness (QED) is 0.0985. The molecular weight excluding hydrogens is 681 g/mol. The number of aromatic nitrogens is 2. The molecule has 0 bridgehead atoms. The Bertz CT molecular complexity index is 2040. The zero-order chi connectivity index (χ0) is 37.3. The number of rotatable bonds is 15. The molecule has 1 saturated carbocycles. The van der Waals surface area contributed by atoms with Crippen LogP contribution < -0.4 is 11.1 Å². The minimum absolute atomic E-state index is 0.00775. The summed E-state index contributed by atoms with van der Waals surface area (Å²) in [5.41, 5.74) is 13.5. The lowest BCUT2D eigenvalue weighted by molar-refractivity contribution is -0.112. The number of amides is 1. The number of nitrogens with zero attached hydrogens (tertiary/aromatic N) is 2. The molecule has 2 unspecified atom stereocenters. The van der Waals surface area contributed by atoms with Crippen molar-refractivity contribution in [2.45, 2.75) is 90.3 Å². The van der Waals surface area contributed by atoms with Crippen molar-refractivity contribution in [1.82, 2.24) is 14.9 Å². The fourth-order valence-corrected chi connectivity index (χ4v) is 8.42. The molecule has 4 N–H and O–H groups in total. The van der Waals surface area contributed by atoms with Crippen LogP contribution in [0.25, 0.3) is 22.2 Å². The molecular formula is C44H50N4O4S. The van der Waals surface area contributed by atoms with Crippen LogP contribution in [0.1, 0.15) is 95.1 Å². The van der Waals surface area contributed by atoms with E-state index in [1.54, 1.807) is 12.1 Å². The van der Waals surface area contributed by atoms with Gasteiger partial charge in [0.2, 0.25) is 5.12 Å². The summed E-state index contributed by atoms with van der Waals surface area (Å²) in [5, 5.41) is 12.9. The number of aryl methyl sites for hydroxylation is 2. The van der Waals surface area contributed by atoms with Gasteiger partial charge in [-0.25, -0.2) is 9.78 Å². The van der Waals surface area contributed by atoms with E-state index in [1.807, 2.05) is 85.8 Å². The van der Waals surface area contributed by atoms with Gasteiger partial charge in [0.25, 0.3) is 5.91 Å². The minimum atomic E-state index is -0.957. The Hall–Kier alpha value is -4.73. The number of carboxylic acids is 1. The van der Waals surface area contributed by atoms with Crippen LogP contribution in [0, 0.1) is 12.8 Å². The first-order chi connectivity index (χ1) is 25.7. The molecule has 0 spiro atoms. The van der Waals surface area contributed by atoms with E-state index in [4.69, 9.17) is 10.7 Å². The molecule has 1 aliphatic carbocycles. The maximum Gasteiger partial charge on any atom is 0.336 e. The van der Waals surface area contributed by atoms with E-state index in [2.05, 4.69) is 16.8 Å². The van der Waals surface area contributed by atoms with Crippen LogP contribution in [-0.4, -0.2) is 49.5 Å². The van der Waals surface area contributed by atoms with E-state index in [9.17, 15) is 19.5 Å². The van der Waals surface area contributed by atoms with Crippen molar-refractivity contribution in [3.63, 3.8) is 0 Å². The van der Waals surface area contributed by atoms with Crippen LogP contribution in [-0.2, 0) is 24.2 Å². The average Bonchev–Trinajstić information content (AvgIpc) is 3.51. The molecule has 53 heavy (non-hydrogen) atoms. The van der Waals surface area contributed by atoms with E-state index in [0.717, 1.165) is 71.2 Å². The summed E-state index contributed by atoms with van der Waals surface area (Å²) in [6, 6.07) is 28.1. The number of imidazole rings is 1.